The lowest BCUT2D eigenvalue weighted by Gasteiger charge is -2.36. The number of para-hydroxylation sites is 2. The van der Waals surface area contributed by atoms with Gasteiger partial charge in [0.25, 0.3) is 0 Å². The number of nitrogens with one attached hydrogen (secondary N) is 2. The van der Waals surface area contributed by atoms with Crippen LogP contribution >= 0.6 is 0 Å². The van der Waals surface area contributed by atoms with Crippen LogP contribution in [-0.2, 0) is 9.59 Å². The first-order valence-electron chi connectivity index (χ1n) is 10.2. The van der Waals surface area contributed by atoms with E-state index in [0.29, 0.717) is 18.8 Å². The highest BCUT2D eigenvalue weighted by atomic mass is 16.5. The lowest BCUT2D eigenvalue weighted by atomic mass is 10.1. The van der Waals surface area contributed by atoms with Crippen LogP contribution in [0.4, 0.5) is 11.4 Å². The molecule has 0 aromatic heterocycles. The average molecular weight is 411 g/mol. The number of hydrogen-bond donors (Lipinski definition) is 2. The van der Waals surface area contributed by atoms with Gasteiger partial charge in [-0.3, -0.25) is 14.5 Å². The van der Waals surface area contributed by atoms with Crippen molar-refractivity contribution in [2.75, 3.05) is 56.6 Å². The molecule has 0 aliphatic carbocycles. The smallest absolute Gasteiger partial charge is 0.313 e. The monoisotopic (exact) mass is 410 g/mol. The van der Waals surface area contributed by atoms with Crippen LogP contribution in [0.5, 0.6) is 5.75 Å². The van der Waals surface area contributed by atoms with Gasteiger partial charge in [0, 0.05) is 45.0 Å². The van der Waals surface area contributed by atoms with E-state index in [9.17, 15) is 9.59 Å². The first kappa shape index (κ1) is 21.6. The molecule has 0 unspecified atom stereocenters. The van der Waals surface area contributed by atoms with E-state index in [1.54, 1.807) is 7.11 Å². The Morgan fingerprint density at radius 3 is 2.43 bits per heavy atom. The highest BCUT2D eigenvalue weighted by molar-refractivity contribution is 6.39. The zero-order chi connectivity index (χ0) is 21.5. The van der Waals surface area contributed by atoms with Crippen molar-refractivity contribution in [3.05, 3.63) is 53.6 Å². The Morgan fingerprint density at radius 2 is 1.73 bits per heavy atom. The normalized spacial score (nSPS) is 14.3. The second-order valence-corrected chi connectivity index (χ2v) is 7.53. The van der Waals surface area contributed by atoms with E-state index in [2.05, 4.69) is 26.5 Å². The number of nitrogens with zero attached hydrogens (tertiary/aromatic N) is 2. The van der Waals surface area contributed by atoms with E-state index in [1.807, 2.05) is 50.2 Å². The third-order valence-corrected chi connectivity index (χ3v) is 5.35. The molecule has 7 nitrogen and oxygen atoms in total. The number of carbonyl (C=O) groups is 2. The standard InChI is InChI=1S/C23H30N4O3/c1-17-8-9-19(18(2)16-17)25-23(29)22(28)24-10-11-26-12-14-27(15-13-26)20-6-4-5-7-21(20)30-3/h4-9,16H,10-15H2,1-3H3,(H,24,28)(H,25,29). The van der Waals surface area contributed by atoms with Gasteiger partial charge in [-0.1, -0.05) is 29.8 Å². The van der Waals surface area contributed by atoms with Gasteiger partial charge in [-0.15, -0.1) is 0 Å². The molecule has 0 saturated carbocycles. The Balaban J connectivity index is 1.40. The summed E-state index contributed by atoms with van der Waals surface area (Å²) in [5.74, 6) is -0.362. The van der Waals surface area contributed by atoms with Crippen molar-refractivity contribution in [2.45, 2.75) is 13.8 Å². The zero-order valence-electron chi connectivity index (χ0n) is 17.9. The van der Waals surface area contributed by atoms with Crippen LogP contribution < -0.4 is 20.3 Å². The fourth-order valence-electron chi connectivity index (χ4n) is 3.64. The van der Waals surface area contributed by atoms with Crippen LogP contribution in [-0.4, -0.2) is 63.1 Å². The summed E-state index contributed by atoms with van der Waals surface area (Å²) in [5, 5.41) is 5.39. The summed E-state index contributed by atoms with van der Waals surface area (Å²) in [7, 11) is 1.69. The quantitative estimate of drug-likeness (QED) is 0.714. The van der Waals surface area contributed by atoms with Gasteiger partial charge in [0.15, 0.2) is 0 Å². The molecule has 3 rings (SSSR count). The summed E-state index contributed by atoms with van der Waals surface area (Å²) < 4.78 is 5.45. The molecule has 1 fully saturated rings. The third-order valence-electron chi connectivity index (χ3n) is 5.35. The Kier molecular flexibility index (Phi) is 7.30. The van der Waals surface area contributed by atoms with Crippen molar-refractivity contribution in [1.82, 2.24) is 10.2 Å². The van der Waals surface area contributed by atoms with Gasteiger partial charge in [-0.25, -0.2) is 0 Å². The molecular formula is C23H30N4O3. The van der Waals surface area contributed by atoms with Crippen molar-refractivity contribution in [3.8, 4) is 5.75 Å². The van der Waals surface area contributed by atoms with Crippen LogP contribution in [0, 0.1) is 13.8 Å². The Hall–Kier alpha value is -3.06. The third kappa shape index (κ3) is 5.51. The predicted octanol–water partition coefficient (Wildman–Crippen LogP) is 2.19. The topological polar surface area (TPSA) is 73.9 Å². The minimum absolute atomic E-state index is 0.438. The number of benzene rings is 2. The molecule has 7 heteroatoms. The van der Waals surface area contributed by atoms with Crippen molar-refractivity contribution in [1.29, 1.82) is 0 Å². The van der Waals surface area contributed by atoms with Gasteiger partial charge in [-0.05, 0) is 37.6 Å². The van der Waals surface area contributed by atoms with Crippen molar-refractivity contribution in [3.63, 3.8) is 0 Å². The number of aryl methyl sites for hydroxylation is 2. The number of hydrogen-bond acceptors (Lipinski definition) is 5. The maximum atomic E-state index is 12.1. The Labute approximate surface area is 178 Å². The van der Waals surface area contributed by atoms with E-state index < -0.39 is 11.8 Å². The van der Waals surface area contributed by atoms with E-state index in [0.717, 1.165) is 48.7 Å². The molecular weight excluding hydrogens is 380 g/mol. The fourth-order valence-corrected chi connectivity index (χ4v) is 3.64. The van der Waals surface area contributed by atoms with E-state index in [1.165, 1.54) is 0 Å². The van der Waals surface area contributed by atoms with Gasteiger partial charge in [0.1, 0.15) is 5.75 Å². The highest BCUT2D eigenvalue weighted by Crippen LogP contribution is 2.28. The first-order chi connectivity index (χ1) is 14.5. The van der Waals surface area contributed by atoms with Gasteiger partial charge in [-0.2, -0.15) is 0 Å². The Bertz CT molecular complexity index is 892. The number of methoxy groups -OCH3 is 1. The van der Waals surface area contributed by atoms with Crippen molar-refractivity contribution >= 4 is 23.2 Å². The molecule has 2 amide bonds. The van der Waals surface area contributed by atoms with Crippen LogP contribution in [0.25, 0.3) is 0 Å². The molecule has 0 atom stereocenters. The molecule has 160 valence electrons. The second-order valence-electron chi connectivity index (χ2n) is 7.53. The summed E-state index contributed by atoms with van der Waals surface area (Å²) in [6.45, 7) is 8.61. The van der Waals surface area contributed by atoms with Crippen LogP contribution in [0.15, 0.2) is 42.5 Å². The molecule has 2 N–H and O–H groups in total. The summed E-state index contributed by atoms with van der Waals surface area (Å²) in [6, 6.07) is 13.7. The minimum Gasteiger partial charge on any atom is -0.495 e. The Morgan fingerprint density at radius 1 is 1.00 bits per heavy atom. The first-order valence-corrected chi connectivity index (χ1v) is 10.2. The number of anilines is 2. The largest absolute Gasteiger partial charge is 0.495 e. The molecule has 2 aromatic rings. The van der Waals surface area contributed by atoms with Gasteiger partial charge in [0.05, 0.1) is 12.8 Å². The molecule has 1 heterocycles. The van der Waals surface area contributed by atoms with Gasteiger partial charge in [0.2, 0.25) is 0 Å². The fraction of sp³-hybridized carbons (Fsp3) is 0.391. The molecule has 0 bridgehead atoms. The number of amides is 2. The molecule has 1 aliphatic heterocycles. The summed E-state index contributed by atoms with van der Waals surface area (Å²) in [5.41, 5.74) is 3.81. The molecule has 0 spiro atoms. The summed E-state index contributed by atoms with van der Waals surface area (Å²) in [4.78, 5) is 28.8. The number of carbonyl (C=O) groups excluding carboxylic acids is 2. The van der Waals surface area contributed by atoms with Gasteiger partial charge < -0.3 is 20.3 Å². The second kappa shape index (κ2) is 10.1. The molecule has 1 aliphatic rings. The minimum atomic E-state index is -0.636. The molecule has 0 radical (unpaired) electrons. The lowest BCUT2D eigenvalue weighted by molar-refractivity contribution is -0.136. The van der Waals surface area contributed by atoms with Crippen molar-refractivity contribution in [2.24, 2.45) is 0 Å². The summed E-state index contributed by atoms with van der Waals surface area (Å²) >= 11 is 0. The summed E-state index contributed by atoms with van der Waals surface area (Å²) in [6.07, 6.45) is 0. The van der Waals surface area contributed by atoms with E-state index >= 15 is 0 Å². The molecule has 30 heavy (non-hydrogen) atoms. The average Bonchev–Trinajstić information content (AvgIpc) is 2.76. The maximum Gasteiger partial charge on any atom is 0.313 e. The number of ether oxygens (including phenoxy) is 1. The van der Waals surface area contributed by atoms with Crippen LogP contribution in [0.3, 0.4) is 0 Å². The predicted molar refractivity (Wildman–Crippen MR) is 119 cm³/mol. The molecule has 2 aromatic carbocycles. The van der Waals surface area contributed by atoms with Crippen LogP contribution in [0.2, 0.25) is 0 Å². The lowest BCUT2D eigenvalue weighted by Crippen LogP contribution is -2.49. The maximum absolute atomic E-state index is 12.1. The number of piperazine rings is 1. The molecule has 1 saturated heterocycles. The highest BCUT2D eigenvalue weighted by Gasteiger charge is 2.20. The van der Waals surface area contributed by atoms with Crippen LogP contribution in [0.1, 0.15) is 11.1 Å². The van der Waals surface area contributed by atoms with E-state index in [-0.39, 0.29) is 0 Å². The number of rotatable bonds is 6. The van der Waals surface area contributed by atoms with Gasteiger partial charge >= 0.3 is 11.8 Å². The SMILES string of the molecule is COc1ccccc1N1CCN(CCNC(=O)C(=O)Nc2ccc(C)cc2C)CC1. The zero-order valence-corrected chi connectivity index (χ0v) is 17.9. The van der Waals surface area contributed by atoms with E-state index in [4.69, 9.17) is 4.74 Å². The van der Waals surface area contributed by atoms with Crippen molar-refractivity contribution < 1.29 is 14.3 Å².